The van der Waals surface area contributed by atoms with Gasteiger partial charge in [0, 0.05) is 19.1 Å². The highest BCUT2D eigenvalue weighted by molar-refractivity contribution is 4.84. The monoisotopic (exact) mass is 296 g/mol. The van der Waals surface area contributed by atoms with Gasteiger partial charge >= 0.3 is 0 Å². The second-order valence-electron chi connectivity index (χ2n) is 8.46. The Labute approximate surface area is 131 Å². The van der Waals surface area contributed by atoms with Gasteiger partial charge in [0.05, 0.1) is 12.2 Å². The SMILES string of the molecule is CC(C)NCC1CCC(CN2CCC(C(C)(C)C)CC2)O1. The molecule has 0 aliphatic carbocycles. The lowest BCUT2D eigenvalue weighted by molar-refractivity contribution is 0.0105. The van der Waals surface area contributed by atoms with E-state index in [4.69, 9.17) is 4.74 Å². The van der Waals surface area contributed by atoms with Crippen molar-refractivity contribution in [2.24, 2.45) is 11.3 Å². The van der Waals surface area contributed by atoms with Crippen molar-refractivity contribution in [2.75, 3.05) is 26.2 Å². The van der Waals surface area contributed by atoms with E-state index in [-0.39, 0.29) is 0 Å². The van der Waals surface area contributed by atoms with Crippen LogP contribution >= 0.6 is 0 Å². The predicted octanol–water partition coefficient (Wildman–Crippen LogP) is 3.29. The van der Waals surface area contributed by atoms with E-state index < -0.39 is 0 Å². The number of piperidine rings is 1. The van der Waals surface area contributed by atoms with Crippen LogP contribution in [0, 0.1) is 11.3 Å². The van der Waals surface area contributed by atoms with Gasteiger partial charge in [0.1, 0.15) is 0 Å². The highest BCUT2D eigenvalue weighted by Crippen LogP contribution is 2.34. The summed E-state index contributed by atoms with van der Waals surface area (Å²) >= 11 is 0. The third kappa shape index (κ3) is 5.54. The van der Waals surface area contributed by atoms with E-state index in [0.717, 1.165) is 19.0 Å². The molecule has 0 aromatic carbocycles. The Morgan fingerprint density at radius 1 is 1.05 bits per heavy atom. The fraction of sp³-hybridized carbons (Fsp3) is 1.00. The van der Waals surface area contributed by atoms with Crippen molar-refractivity contribution in [3.8, 4) is 0 Å². The molecule has 0 radical (unpaired) electrons. The molecule has 2 heterocycles. The first-order valence-electron chi connectivity index (χ1n) is 8.96. The third-order valence-electron chi connectivity index (χ3n) is 5.22. The molecule has 0 aromatic rings. The van der Waals surface area contributed by atoms with Gasteiger partial charge in [-0.25, -0.2) is 0 Å². The van der Waals surface area contributed by atoms with Crippen LogP contribution in [0.2, 0.25) is 0 Å². The first-order chi connectivity index (χ1) is 9.84. The summed E-state index contributed by atoms with van der Waals surface area (Å²) in [6.45, 7) is 16.2. The summed E-state index contributed by atoms with van der Waals surface area (Å²) in [5.74, 6) is 0.890. The van der Waals surface area contributed by atoms with Gasteiger partial charge in [0.2, 0.25) is 0 Å². The van der Waals surface area contributed by atoms with Gasteiger partial charge in [0.25, 0.3) is 0 Å². The fourth-order valence-corrected chi connectivity index (χ4v) is 3.70. The van der Waals surface area contributed by atoms with Crippen molar-refractivity contribution in [3.05, 3.63) is 0 Å². The zero-order valence-electron chi connectivity index (χ0n) is 14.8. The number of likely N-dealkylation sites (tertiary alicyclic amines) is 1. The number of ether oxygens (including phenoxy) is 1. The molecule has 2 unspecified atom stereocenters. The summed E-state index contributed by atoms with van der Waals surface area (Å²) in [7, 11) is 0. The van der Waals surface area contributed by atoms with Crippen LogP contribution in [0.25, 0.3) is 0 Å². The summed E-state index contributed by atoms with van der Waals surface area (Å²) in [6, 6.07) is 0.559. The Hall–Kier alpha value is -0.120. The molecular weight excluding hydrogens is 260 g/mol. The first kappa shape index (κ1) is 17.2. The lowest BCUT2D eigenvalue weighted by Crippen LogP contribution is -2.41. The highest BCUT2D eigenvalue weighted by Gasteiger charge is 2.31. The van der Waals surface area contributed by atoms with Gasteiger partial charge in [-0.3, -0.25) is 0 Å². The minimum Gasteiger partial charge on any atom is -0.372 e. The molecule has 2 fully saturated rings. The van der Waals surface area contributed by atoms with Crippen LogP contribution < -0.4 is 5.32 Å². The molecule has 0 amide bonds. The van der Waals surface area contributed by atoms with Gasteiger partial charge in [-0.15, -0.1) is 0 Å². The van der Waals surface area contributed by atoms with Crippen LogP contribution in [0.4, 0.5) is 0 Å². The van der Waals surface area contributed by atoms with Crippen LogP contribution in [0.15, 0.2) is 0 Å². The highest BCUT2D eigenvalue weighted by atomic mass is 16.5. The van der Waals surface area contributed by atoms with Crippen LogP contribution in [0.5, 0.6) is 0 Å². The summed E-state index contributed by atoms with van der Waals surface area (Å²) < 4.78 is 6.20. The summed E-state index contributed by atoms with van der Waals surface area (Å²) in [5.41, 5.74) is 0.476. The molecular formula is C18H36N2O. The minimum absolute atomic E-state index is 0.435. The second kappa shape index (κ2) is 7.43. The first-order valence-corrected chi connectivity index (χ1v) is 8.96. The van der Waals surface area contributed by atoms with Gasteiger partial charge in [-0.1, -0.05) is 34.6 Å². The molecule has 0 aromatic heterocycles. The van der Waals surface area contributed by atoms with Crippen molar-refractivity contribution >= 4 is 0 Å². The Morgan fingerprint density at radius 3 is 2.24 bits per heavy atom. The lowest BCUT2D eigenvalue weighted by atomic mass is 9.75. The maximum atomic E-state index is 6.20. The number of hydrogen-bond donors (Lipinski definition) is 1. The molecule has 2 aliphatic rings. The van der Waals surface area contributed by atoms with E-state index in [2.05, 4.69) is 44.8 Å². The molecule has 2 rings (SSSR count). The van der Waals surface area contributed by atoms with E-state index in [1.807, 2.05) is 0 Å². The Balaban J connectivity index is 1.66. The zero-order chi connectivity index (χ0) is 15.5. The summed E-state index contributed by atoms with van der Waals surface area (Å²) in [5, 5.41) is 3.50. The summed E-state index contributed by atoms with van der Waals surface area (Å²) in [6.07, 6.45) is 6.08. The summed E-state index contributed by atoms with van der Waals surface area (Å²) in [4.78, 5) is 2.63. The quantitative estimate of drug-likeness (QED) is 0.842. The maximum Gasteiger partial charge on any atom is 0.0707 e. The molecule has 3 heteroatoms. The van der Waals surface area contributed by atoms with Crippen molar-refractivity contribution in [3.63, 3.8) is 0 Å². The Kier molecular flexibility index (Phi) is 6.10. The van der Waals surface area contributed by atoms with Gasteiger partial charge in [-0.05, 0) is 50.1 Å². The van der Waals surface area contributed by atoms with E-state index in [1.54, 1.807) is 0 Å². The average Bonchev–Trinajstić information content (AvgIpc) is 2.83. The van der Waals surface area contributed by atoms with E-state index in [1.165, 1.54) is 38.8 Å². The fourth-order valence-electron chi connectivity index (χ4n) is 3.70. The van der Waals surface area contributed by atoms with E-state index in [0.29, 0.717) is 23.7 Å². The molecule has 0 spiro atoms. The molecule has 1 N–H and O–H groups in total. The predicted molar refractivity (Wildman–Crippen MR) is 89.7 cm³/mol. The molecule has 21 heavy (non-hydrogen) atoms. The van der Waals surface area contributed by atoms with Crippen LogP contribution in [0.3, 0.4) is 0 Å². The van der Waals surface area contributed by atoms with Gasteiger partial charge < -0.3 is 15.0 Å². The maximum absolute atomic E-state index is 6.20. The molecule has 2 aliphatic heterocycles. The zero-order valence-corrected chi connectivity index (χ0v) is 14.8. The van der Waals surface area contributed by atoms with Crippen LogP contribution in [-0.4, -0.2) is 49.3 Å². The van der Waals surface area contributed by atoms with Crippen molar-refractivity contribution in [2.45, 2.75) is 78.6 Å². The molecule has 2 saturated heterocycles. The van der Waals surface area contributed by atoms with Crippen molar-refractivity contribution < 1.29 is 4.74 Å². The molecule has 124 valence electrons. The number of rotatable bonds is 5. The second-order valence-corrected chi connectivity index (χ2v) is 8.46. The molecule has 2 atom stereocenters. The van der Waals surface area contributed by atoms with E-state index in [9.17, 15) is 0 Å². The molecule has 0 saturated carbocycles. The van der Waals surface area contributed by atoms with Crippen molar-refractivity contribution in [1.29, 1.82) is 0 Å². The number of nitrogens with zero attached hydrogens (tertiary/aromatic N) is 1. The minimum atomic E-state index is 0.435. The largest absolute Gasteiger partial charge is 0.372 e. The smallest absolute Gasteiger partial charge is 0.0707 e. The standard InChI is InChI=1S/C18H36N2O/c1-14(2)19-12-16-6-7-17(21-16)13-20-10-8-15(9-11-20)18(3,4)5/h14-17,19H,6-13H2,1-5H3. The van der Waals surface area contributed by atoms with Gasteiger partial charge in [-0.2, -0.15) is 0 Å². The molecule has 0 bridgehead atoms. The Morgan fingerprint density at radius 2 is 1.67 bits per heavy atom. The van der Waals surface area contributed by atoms with Gasteiger partial charge in [0.15, 0.2) is 0 Å². The normalized spacial score (nSPS) is 29.4. The number of hydrogen-bond acceptors (Lipinski definition) is 3. The third-order valence-corrected chi connectivity index (χ3v) is 5.22. The topological polar surface area (TPSA) is 24.5 Å². The average molecular weight is 296 g/mol. The molecule has 3 nitrogen and oxygen atoms in total. The van der Waals surface area contributed by atoms with E-state index >= 15 is 0 Å². The lowest BCUT2D eigenvalue weighted by Gasteiger charge is -2.39. The van der Waals surface area contributed by atoms with Crippen LogP contribution in [-0.2, 0) is 4.74 Å². The van der Waals surface area contributed by atoms with Crippen molar-refractivity contribution in [1.82, 2.24) is 10.2 Å². The number of nitrogens with one attached hydrogen (secondary N) is 1. The van der Waals surface area contributed by atoms with Crippen LogP contribution in [0.1, 0.15) is 60.3 Å². The Bertz CT molecular complexity index is 303.